The van der Waals surface area contributed by atoms with Gasteiger partial charge >= 0.3 is 0 Å². The molecule has 164 valence electrons. The summed E-state index contributed by atoms with van der Waals surface area (Å²) in [6.45, 7) is 4.70. The number of aromatic nitrogens is 5. The molecule has 0 aliphatic carbocycles. The predicted octanol–water partition coefficient (Wildman–Crippen LogP) is 4.15. The molecule has 0 spiro atoms. The lowest BCUT2D eigenvalue weighted by Crippen LogP contribution is -2.42. The van der Waals surface area contributed by atoms with E-state index in [0.717, 1.165) is 66.1 Å². The Morgan fingerprint density at radius 3 is 2.53 bits per heavy atom. The molecule has 1 aromatic carbocycles. The molecule has 1 aliphatic heterocycles. The summed E-state index contributed by atoms with van der Waals surface area (Å²) >= 11 is 5.98. The Morgan fingerprint density at radius 1 is 1.03 bits per heavy atom. The van der Waals surface area contributed by atoms with Crippen LogP contribution in [-0.4, -0.2) is 44.1 Å². The molecule has 0 bridgehead atoms. The number of aryl methyl sites for hydroxylation is 2. The summed E-state index contributed by atoms with van der Waals surface area (Å²) in [5, 5.41) is 20.0. The van der Waals surface area contributed by atoms with Crippen LogP contribution >= 0.6 is 11.6 Å². The van der Waals surface area contributed by atoms with Crippen LogP contribution in [0.3, 0.4) is 0 Å². The van der Waals surface area contributed by atoms with Gasteiger partial charge in [0.25, 0.3) is 0 Å². The first-order chi connectivity index (χ1) is 15.6. The molecule has 5 rings (SSSR count). The maximum atomic E-state index is 5.98. The highest BCUT2D eigenvalue weighted by atomic mass is 35.5. The standard InChI is InChI=1S/C24H26ClN7/c1-16-17(7-8-22(25)28-16)15-26-18-10-13-32(14-11-18)24-20-6-4-3-5-19(20)23(29-30-24)21-9-12-27-31(21)2/h3-9,12,18,26H,10-11,13-15H2,1-2H3. The van der Waals surface area contributed by atoms with Crippen molar-refractivity contribution >= 4 is 28.2 Å². The second-order valence-electron chi connectivity index (χ2n) is 8.28. The molecule has 0 radical (unpaired) electrons. The van der Waals surface area contributed by atoms with Gasteiger partial charge in [-0.1, -0.05) is 41.9 Å². The van der Waals surface area contributed by atoms with Crippen molar-refractivity contribution in [2.24, 2.45) is 7.05 Å². The molecular formula is C24H26ClN7. The molecule has 0 saturated carbocycles. The lowest BCUT2D eigenvalue weighted by atomic mass is 10.0. The van der Waals surface area contributed by atoms with Crippen molar-refractivity contribution in [1.29, 1.82) is 0 Å². The number of hydrogen-bond acceptors (Lipinski definition) is 6. The maximum absolute atomic E-state index is 5.98. The molecule has 0 atom stereocenters. The van der Waals surface area contributed by atoms with Crippen molar-refractivity contribution in [2.75, 3.05) is 18.0 Å². The molecular weight excluding hydrogens is 422 g/mol. The lowest BCUT2D eigenvalue weighted by molar-refractivity contribution is 0.412. The van der Waals surface area contributed by atoms with Gasteiger partial charge in [0.1, 0.15) is 10.8 Å². The van der Waals surface area contributed by atoms with E-state index < -0.39 is 0 Å². The van der Waals surface area contributed by atoms with Crippen LogP contribution in [0.5, 0.6) is 0 Å². The molecule has 1 N–H and O–H groups in total. The topological polar surface area (TPSA) is 71.8 Å². The Labute approximate surface area is 192 Å². The quantitative estimate of drug-likeness (QED) is 0.463. The zero-order valence-corrected chi connectivity index (χ0v) is 19.0. The normalized spacial score (nSPS) is 14.9. The number of fused-ring (bicyclic) bond motifs is 1. The summed E-state index contributed by atoms with van der Waals surface area (Å²) in [5.74, 6) is 0.961. The zero-order valence-electron chi connectivity index (χ0n) is 18.3. The molecule has 1 saturated heterocycles. The van der Waals surface area contributed by atoms with E-state index in [1.54, 1.807) is 6.20 Å². The Morgan fingerprint density at radius 2 is 1.81 bits per heavy atom. The molecule has 4 aromatic rings. The number of pyridine rings is 1. The number of anilines is 1. The molecule has 0 amide bonds. The van der Waals surface area contributed by atoms with Crippen LogP contribution in [0.15, 0.2) is 48.7 Å². The molecule has 8 heteroatoms. The Kier molecular flexibility index (Phi) is 5.76. The van der Waals surface area contributed by atoms with Gasteiger partial charge in [0.15, 0.2) is 5.82 Å². The Hall–Kier alpha value is -3.03. The minimum atomic E-state index is 0.467. The van der Waals surface area contributed by atoms with Crippen LogP contribution in [0.25, 0.3) is 22.2 Å². The average Bonchev–Trinajstić information content (AvgIpc) is 3.24. The first kappa shape index (κ1) is 20.8. The third-order valence-electron chi connectivity index (χ3n) is 6.27. The first-order valence-corrected chi connectivity index (χ1v) is 11.3. The lowest BCUT2D eigenvalue weighted by Gasteiger charge is -2.33. The molecule has 32 heavy (non-hydrogen) atoms. The van der Waals surface area contributed by atoms with Gasteiger partial charge < -0.3 is 10.2 Å². The fourth-order valence-corrected chi connectivity index (χ4v) is 4.60. The van der Waals surface area contributed by atoms with Gasteiger partial charge in [0.2, 0.25) is 0 Å². The fourth-order valence-electron chi connectivity index (χ4n) is 4.41. The molecule has 3 aromatic heterocycles. The minimum Gasteiger partial charge on any atom is -0.354 e. The van der Waals surface area contributed by atoms with Crippen LogP contribution in [0, 0.1) is 6.92 Å². The van der Waals surface area contributed by atoms with E-state index in [1.807, 2.05) is 30.8 Å². The van der Waals surface area contributed by atoms with E-state index in [0.29, 0.717) is 11.2 Å². The van der Waals surface area contributed by atoms with Crippen LogP contribution in [0.1, 0.15) is 24.1 Å². The number of hydrogen-bond donors (Lipinski definition) is 1. The second-order valence-corrected chi connectivity index (χ2v) is 8.67. The SMILES string of the molecule is Cc1nc(Cl)ccc1CNC1CCN(c2nnc(-c3ccnn3C)c3ccccc23)CC1. The first-order valence-electron chi connectivity index (χ1n) is 10.9. The van der Waals surface area contributed by atoms with E-state index in [9.17, 15) is 0 Å². The van der Waals surface area contributed by atoms with E-state index in [1.165, 1.54) is 5.56 Å². The van der Waals surface area contributed by atoms with E-state index >= 15 is 0 Å². The summed E-state index contributed by atoms with van der Waals surface area (Å²) in [5.41, 5.74) is 4.01. The monoisotopic (exact) mass is 447 g/mol. The third-order valence-corrected chi connectivity index (χ3v) is 6.48. The van der Waals surface area contributed by atoms with Crippen LogP contribution in [0.4, 0.5) is 5.82 Å². The number of nitrogens with one attached hydrogen (secondary N) is 1. The highest BCUT2D eigenvalue weighted by Gasteiger charge is 2.23. The van der Waals surface area contributed by atoms with Gasteiger partial charge in [-0.2, -0.15) is 5.10 Å². The average molecular weight is 448 g/mol. The minimum absolute atomic E-state index is 0.467. The smallest absolute Gasteiger partial charge is 0.159 e. The van der Waals surface area contributed by atoms with Crippen molar-refractivity contribution < 1.29 is 0 Å². The van der Waals surface area contributed by atoms with Gasteiger partial charge in [-0.15, -0.1) is 10.2 Å². The maximum Gasteiger partial charge on any atom is 0.159 e. The third kappa shape index (κ3) is 4.06. The second kappa shape index (κ2) is 8.84. The van der Waals surface area contributed by atoms with Crippen molar-refractivity contribution in [1.82, 2.24) is 30.3 Å². The van der Waals surface area contributed by atoms with E-state index in [2.05, 4.69) is 60.8 Å². The Bertz CT molecular complexity index is 1240. The number of benzene rings is 1. The zero-order chi connectivity index (χ0) is 22.1. The van der Waals surface area contributed by atoms with Gasteiger partial charge in [0, 0.05) is 55.4 Å². The summed E-state index contributed by atoms with van der Waals surface area (Å²) < 4.78 is 1.84. The van der Waals surface area contributed by atoms with Gasteiger partial charge in [-0.05, 0) is 37.5 Å². The van der Waals surface area contributed by atoms with E-state index in [4.69, 9.17) is 11.6 Å². The molecule has 1 fully saturated rings. The van der Waals surface area contributed by atoms with Gasteiger partial charge in [-0.25, -0.2) is 4.98 Å². The Balaban J connectivity index is 1.31. The summed E-state index contributed by atoms with van der Waals surface area (Å²) in [4.78, 5) is 6.70. The summed E-state index contributed by atoms with van der Waals surface area (Å²) in [7, 11) is 1.93. The van der Waals surface area contributed by atoms with E-state index in [-0.39, 0.29) is 0 Å². The highest BCUT2D eigenvalue weighted by molar-refractivity contribution is 6.29. The number of nitrogens with zero attached hydrogens (tertiary/aromatic N) is 6. The van der Waals surface area contributed by atoms with Crippen molar-refractivity contribution in [3.8, 4) is 11.4 Å². The summed E-state index contributed by atoms with van der Waals surface area (Å²) in [6.07, 6.45) is 3.90. The number of rotatable bonds is 5. The van der Waals surface area contributed by atoms with Crippen molar-refractivity contribution in [3.05, 3.63) is 65.1 Å². The number of piperidine rings is 1. The molecule has 1 aliphatic rings. The largest absolute Gasteiger partial charge is 0.354 e. The summed E-state index contributed by atoms with van der Waals surface area (Å²) in [6, 6.07) is 14.7. The number of halogens is 1. The molecule has 0 unspecified atom stereocenters. The van der Waals surface area contributed by atoms with Gasteiger partial charge in [-0.3, -0.25) is 4.68 Å². The van der Waals surface area contributed by atoms with Crippen LogP contribution in [-0.2, 0) is 13.6 Å². The van der Waals surface area contributed by atoms with Crippen molar-refractivity contribution in [2.45, 2.75) is 32.4 Å². The van der Waals surface area contributed by atoms with Crippen LogP contribution < -0.4 is 10.2 Å². The fraction of sp³-hybridized carbons (Fsp3) is 0.333. The molecule has 4 heterocycles. The highest BCUT2D eigenvalue weighted by Crippen LogP contribution is 2.32. The molecule has 7 nitrogen and oxygen atoms in total. The predicted molar refractivity (Wildman–Crippen MR) is 128 cm³/mol. The van der Waals surface area contributed by atoms with Crippen LogP contribution in [0.2, 0.25) is 5.15 Å². The van der Waals surface area contributed by atoms with Crippen molar-refractivity contribution in [3.63, 3.8) is 0 Å². The van der Waals surface area contributed by atoms with Gasteiger partial charge in [0.05, 0.1) is 5.69 Å².